The first-order chi connectivity index (χ1) is 20.1. The number of carbonyl (C=O) groups excluding carboxylic acids is 2. The second-order valence-electron chi connectivity index (χ2n) is 10.2. The molecule has 220 valence electrons. The first-order valence-corrected chi connectivity index (χ1v) is 14.8. The van der Waals surface area contributed by atoms with Gasteiger partial charge in [0.05, 0.1) is 5.56 Å². The van der Waals surface area contributed by atoms with Crippen LogP contribution in [-0.2, 0) is 11.0 Å². The number of amides is 2. The van der Waals surface area contributed by atoms with Crippen molar-refractivity contribution in [3.8, 4) is 11.3 Å². The molecule has 9 nitrogen and oxygen atoms in total. The Morgan fingerprint density at radius 3 is 2.60 bits per heavy atom. The molecule has 3 N–H and O–H groups in total. The van der Waals surface area contributed by atoms with E-state index in [4.69, 9.17) is 10.7 Å². The molecular formula is C29H30F3N7O2S. The minimum Gasteiger partial charge on any atom is -0.382 e. The molecule has 0 spiro atoms. The molecule has 2 amide bonds. The molecule has 4 heterocycles. The molecular weight excluding hydrogens is 567 g/mol. The second-order valence-corrected chi connectivity index (χ2v) is 11.2. The number of hydrogen-bond donors (Lipinski definition) is 2. The van der Waals surface area contributed by atoms with Crippen LogP contribution in [0.3, 0.4) is 0 Å². The van der Waals surface area contributed by atoms with Crippen molar-refractivity contribution in [1.29, 1.82) is 0 Å². The van der Waals surface area contributed by atoms with Gasteiger partial charge in [-0.15, -0.1) is 0 Å². The monoisotopic (exact) mass is 597 g/mol. The number of aromatic nitrogens is 4. The second kappa shape index (κ2) is 12.0. The maximum Gasteiger partial charge on any atom is 0.416 e. The molecule has 0 aliphatic carbocycles. The number of anilines is 2. The number of nitrogens with one attached hydrogen (secondary N) is 1. The van der Waals surface area contributed by atoms with Gasteiger partial charge in [-0.3, -0.25) is 14.0 Å². The fraction of sp³-hybridized carbons (Fsp3) is 0.345. The van der Waals surface area contributed by atoms with Gasteiger partial charge in [-0.1, -0.05) is 12.1 Å². The number of thioether (sulfide) groups is 1. The van der Waals surface area contributed by atoms with E-state index in [1.165, 1.54) is 0 Å². The van der Waals surface area contributed by atoms with Crippen LogP contribution in [0.15, 0.2) is 55.0 Å². The standard InChI is InChI=1S/C29H30F3N7O2S/c1-17-3-4-20(16-39(17)23(40)10-14-42-2)27-37-24(25-26(33)35-12-13-38(25)27)18-5-7-19(8-6-18)28(41)36-22-15-21(9-11-34-22)29(30,31)32/h5-9,11-13,15,17,20H,3-4,10,14,16H2,1-2H3,(H2,33,35)(H,34,36,41)/t17-,20?/m1/s1. The van der Waals surface area contributed by atoms with Crippen LogP contribution in [0.2, 0.25) is 0 Å². The van der Waals surface area contributed by atoms with E-state index in [-0.39, 0.29) is 29.2 Å². The number of rotatable bonds is 7. The van der Waals surface area contributed by atoms with Crippen molar-refractivity contribution in [3.05, 3.63) is 71.9 Å². The summed E-state index contributed by atoms with van der Waals surface area (Å²) < 4.78 is 41.0. The third-order valence-electron chi connectivity index (χ3n) is 7.45. The van der Waals surface area contributed by atoms with Crippen molar-refractivity contribution in [2.24, 2.45) is 0 Å². The Balaban J connectivity index is 1.41. The Morgan fingerprint density at radius 2 is 1.88 bits per heavy atom. The summed E-state index contributed by atoms with van der Waals surface area (Å²) in [4.78, 5) is 40.7. The lowest BCUT2D eigenvalue weighted by atomic mass is 9.92. The number of benzene rings is 1. The van der Waals surface area contributed by atoms with Crippen LogP contribution in [0.5, 0.6) is 0 Å². The Hall–Kier alpha value is -4.13. The number of alkyl halides is 3. The van der Waals surface area contributed by atoms with E-state index in [1.807, 2.05) is 15.6 Å². The molecule has 42 heavy (non-hydrogen) atoms. The van der Waals surface area contributed by atoms with Gasteiger partial charge in [-0.25, -0.2) is 15.0 Å². The van der Waals surface area contributed by atoms with E-state index in [9.17, 15) is 22.8 Å². The third-order valence-corrected chi connectivity index (χ3v) is 8.06. The average Bonchev–Trinajstić information content (AvgIpc) is 3.37. The molecule has 1 aromatic carbocycles. The van der Waals surface area contributed by atoms with Crippen LogP contribution < -0.4 is 11.1 Å². The molecule has 2 atom stereocenters. The van der Waals surface area contributed by atoms with Crippen molar-refractivity contribution < 1.29 is 22.8 Å². The van der Waals surface area contributed by atoms with Crippen molar-refractivity contribution in [2.75, 3.05) is 29.6 Å². The van der Waals surface area contributed by atoms with Crippen molar-refractivity contribution in [1.82, 2.24) is 24.3 Å². The molecule has 1 aliphatic heterocycles. The number of fused-ring (bicyclic) bond motifs is 1. The van der Waals surface area contributed by atoms with Gasteiger partial charge >= 0.3 is 6.18 Å². The number of pyridine rings is 1. The largest absolute Gasteiger partial charge is 0.416 e. The minimum absolute atomic E-state index is 0.00695. The molecule has 1 saturated heterocycles. The van der Waals surface area contributed by atoms with E-state index >= 15 is 0 Å². The Labute approximate surface area is 244 Å². The molecule has 0 bridgehead atoms. The number of nitrogen functional groups attached to an aromatic ring is 1. The first kappa shape index (κ1) is 29.4. The van der Waals surface area contributed by atoms with Gasteiger partial charge in [0.2, 0.25) is 5.91 Å². The van der Waals surface area contributed by atoms with Gasteiger partial charge in [0.25, 0.3) is 5.91 Å². The summed E-state index contributed by atoms with van der Waals surface area (Å²) in [6.45, 7) is 2.63. The molecule has 4 aromatic rings. The number of halogens is 3. The molecule has 1 fully saturated rings. The number of likely N-dealkylation sites (tertiary alicyclic amines) is 1. The summed E-state index contributed by atoms with van der Waals surface area (Å²) in [5, 5.41) is 2.41. The summed E-state index contributed by atoms with van der Waals surface area (Å²) in [7, 11) is 0. The molecule has 13 heteroatoms. The fourth-order valence-electron chi connectivity index (χ4n) is 5.22. The molecule has 0 saturated carbocycles. The number of nitrogens with zero attached hydrogens (tertiary/aromatic N) is 5. The van der Waals surface area contributed by atoms with Crippen molar-refractivity contribution >= 4 is 40.7 Å². The molecule has 1 aliphatic rings. The summed E-state index contributed by atoms with van der Waals surface area (Å²) in [5.74, 6) is 1.17. The van der Waals surface area contributed by atoms with Crippen LogP contribution in [0.1, 0.15) is 53.8 Å². The van der Waals surface area contributed by atoms with Crippen molar-refractivity contribution in [3.63, 3.8) is 0 Å². The SMILES string of the molecule is CSCCC(=O)N1CC(c2nc(-c3ccc(C(=O)Nc4cc(C(F)(F)F)ccn4)cc3)c3c(N)nccn23)CC[C@H]1C. The van der Waals surface area contributed by atoms with E-state index in [1.54, 1.807) is 48.4 Å². The van der Waals surface area contributed by atoms with Crippen LogP contribution in [0, 0.1) is 0 Å². The summed E-state index contributed by atoms with van der Waals surface area (Å²) in [5.41, 5.74) is 7.52. The molecule has 5 rings (SSSR count). The summed E-state index contributed by atoms with van der Waals surface area (Å²) in [6.07, 6.45) is 4.05. The smallest absolute Gasteiger partial charge is 0.382 e. The highest BCUT2D eigenvalue weighted by atomic mass is 32.2. The molecule has 1 unspecified atom stereocenters. The molecule has 3 aromatic heterocycles. The van der Waals surface area contributed by atoms with Gasteiger partial charge in [0, 0.05) is 60.4 Å². The quantitative estimate of drug-likeness (QED) is 0.289. The molecule has 0 radical (unpaired) electrons. The lowest BCUT2D eigenvalue weighted by Gasteiger charge is -2.37. The van der Waals surface area contributed by atoms with E-state index in [2.05, 4.69) is 22.2 Å². The lowest BCUT2D eigenvalue weighted by molar-refractivity contribution is -0.137. The zero-order valence-corrected chi connectivity index (χ0v) is 23.9. The predicted molar refractivity (Wildman–Crippen MR) is 156 cm³/mol. The van der Waals surface area contributed by atoms with Gasteiger partial charge in [0.1, 0.15) is 28.7 Å². The number of piperidine rings is 1. The number of carbonyl (C=O) groups is 2. The van der Waals surface area contributed by atoms with Crippen LogP contribution >= 0.6 is 11.8 Å². The van der Waals surface area contributed by atoms with E-state index in [0.717, 1.165) is 42.7 Å². The number of nitrogens with two attached hydrogens (primary N) is 1. The predicted octanol–water partition coefficient (Wildman–Crippen LogP) is 5.49. The number of hydrogen-bond acceptors (Lipinski definition) is 7. The van der Waals surface area contributed by atoms with Gasteiger partial charge < -0.3 is 16.0 Å². The highest BCUT2D eigenvalue weighted by Crippen LogP contribution is 2.35. The minimum atomic E-state index is -4.55. The summed E-state index contributed by atoms with van der Waals surface area (Å²) in [6, 6.07) is 8.29. The van der Waals surface area contributed by atoms with E-state index in [0.29, 0.717) is 35.6 Å². The zero-order valence-electron chi connectivity index (χ0n) is 23.1. The van der Waals surface area contributed by atoms with Crippen LogP contribution in [-0.4, -0.2) is 60.7 Å². The normalized spacial score (nSPS) is 17.4. The Morgan fingerprint density at radius 1 is 1.12 bits per heavy atom. The maximum absolute atomic E-state index is 13.0. The highest BCUT2D eigenvalue weighted by molar-refractivity contribution is 7.98. The lowest BCUT2D eigenvalue weighted by Crippen LogP contribution is -2.45. The van der Waals surface area contributed by atoms with Gasteiger partial charge in [-0.05, 0) is 50.3 Å². The van der Waals surface area contributed by atoms with E-state index < -0.39 is 17.6 Å². The summed E-state index contributed by atoms with van der Waals surface area (Å²) >= 11 is 1.65. The van der Waals surface area contributed by atoms with Crippen molar-refractivity contribution in [2.45, 2.75) is 44.3 Å². The Kier molecular flexibility index (Phi) is 8.39. The van der Waals surface area contributed by atoms with Gasteiger partial charge in [-0.2, -0.15) is 24.9 Å². The fourth-order valence-corrected chi connectivity index (χ4v) is 5.60. The first-order valence-electron chi connectivity index (χ1n) is 13.4. The third kappa shape index (κ3) is 6.06. The topological polar surface area (TPSA) is 119 Å². The van der Waals surface area contributed by atoms with Crippen LogP contribution in [0.25, 0.3) is 16.8 Å². The zero-order chi connectivity index (χ0) is 30.0. The maximum atomic E-state index is 13.0. The highest BCUT2D eigenvalue weighted by Gasteiger charge is 2.33. The number of imidazole rings is 1. The van der Waals surface area contributed by atoms with Crippen LogP contribution in [0.4, 0.5) is 24.8 Å². The van der Waals surface area contributed by atoms with Gasteiger partial charge in [0.15, 0.2) is 0 Å². The average molecular weight is 598 g/mol. The Bertz CT molecular complexity index is 1610.